The van der Waals surface area contributed by atoms with Crippen molar-refractivity contribution in [2.24, 2.45) is 0 Å². The van der Waals surface area contributed by atoms with E-state index in [0.717, 1.165) is 44.6 Å². The van der Waals surface area contributed by atoms with Gasteiger partial charge in [-0.25, -0.2) is 19.9 Å². The van der Waals surface area contributed by atoms with Crippen molar-refractivity contribution in [1.82, 2.24) is 29.5 Å². The lowest BCUT2D eigenvalue weighted by Gasteiger charge is -2.09. The summed E-state index contributed by atoms with van der Waals surface area (Å²) in [6.07, 6.45) is 7.31. The molecule has 0 spiro atoms. The van der Waals surface area contributed by atoms with Gasteiger partial charge in [0.1, 0.15) is 5.52 Å². The highest BCUT2D eigenvalue weighted by molar-refractivity contribution is 5.94. The Morgan fingerprint density at radius 1 is 1.03 bits per heavy atom. The van der Waals surface area contributed by atoms with Crippen molar-refractivity contribution in [3.8, 4) is 28.3 Å². The number of fused-ring (bicyclic) bond motifs is 2. The van der Waals surface area contributed by atoms with Crippen molar-refractivity contribution in [1.29, 1.82) is 0 Å². The van der Waals surface area contributed by atoms with Crippen molar-refractivity contribution in [3.05, 3.63) is 55.2 Å². The van der Waals surface area contributed by atoms with Crippen molar-refractivity contribution in [2.45, 2.75) is 19.9 Å². The minimum Gasteiger partial charge on any atom is -0.481 e. The van der Waals surface area contributed by atoms with E-state index < -0.39 is 0 Å². The van der Waals surface area contributed by atoms with Gasteiger partial charge in [0.25, 0.3) is 0 Å². The molecular weight excluding hydrogens is 364 g/mol. The lowest BCUT2D eigenvalue weighted by Crippen LogP contribution is -1.98. The molecule has 0 bridgehead atoms. The van der Waals surface area contributed by atoms with Crippen molar-refractivity contribution in [3.63, 3.8) is 0 Å². The SMILES string of the molecule is COc1cc(-c2cnc3[nH]cc(-c4ccc5ncn(C(C)C)c5c4)c3n2)ccn1. The Morgan fingerprint density at radius 2 is 1.93 bits per heavy atom. The molecule has 0 fully saturated rings. The summed E-state index contributed by atoms with van der Waals surface area (Å²) in [7, 11) is 1.60. The molecule has 144 valence electrons. The molecule has 5 rings (SSSR count). The van der Waals surface area contributed by atoms with Gasteiger partial charge in [0.05, 0.1) is 36.4 Å². The van der Waals surface area contributed by atoms with E-state index in [-0.39, 0.29) is 0 Å². The van der Waals surface area contributed by atoms with Gasteiger partial charge in [-0.1, -0.05) is 6.07 Å². The van der Waals surface area contributed by atoms with E-state index in [1.807, 2.05) is 30.7 Å². The molecule has 0 amide bonds. The molecule has 4 heterocycles. The number of nitrogens with one attached hydrogen (secondary N) is 1. The monoisotopic (exact) mass is 384 g/mol. The van der Waals surface area contributed by atoms with Crippen LogP contribution in [0.1, 0.15) is 19.9 Å². The molecule has 5 aromatic rings. The molecule has 7 nitrogen and oxygen atoms in total. The molecule has 0 atom stereocenters. The second-order valence-electron chi connectivity index (χ2n) is 7.19. The first-order valence-electron chi connectivity index (χ1n) is 9.45. The molecule has 4 aromatic heterocycles. The number of benzene rings is 1. The number of rotatable bonds is 4. The van der Waals surface area contributed by atoms with Crippen LogP contribution in [0.2, 0.25) is 0 Å². The first kappa shape index (κ1) is 17.4. The molecule has 1 aromatic carbocycles. The van der Waals surface area contributed by atoms with Crippen molar-refractivity contribution >= 4 is 22.2 Å². The first-order valence-corrected chi connectivity index (χ1v) is 9.45. The maximum absolute atomic E-state index is 5.23. The normalized spacial score (nSPS) is 11.6. The van der Waals surface area contributed by atoms with Crippen LogP contribution in [0.3, 0.4) is 0 Å². The van der Waals surface area contributed by atoms with E-state index >= 15 is 0 Å². The molecule has 0 saturated carbocycles. The zero-order chi connectivity index (χ0) is 20.0. The fourth-order valence-corrected chi connectivity index (χ4v) is 3.54. The number of pyridine rings is 1. The Balaban J connectivity index is 1.65. The zero-order valence-corrected chi connectivity index (χ0v) is 16.4. The Bertz CT molecular complexity index is 1330. The van der Waals surface area contributed by atoms with Crippen molar-refractivity contribution in [2.75, 3.05) is 7.11 Å². The van der Waals surface area contributed by atoms with Gasteiger partial charge >= 0.3 is 0 Å². The van der Waals surface area contributed by atoms with E-state index in [1.54, 1.807) is 19.5 Å². The van der Waals surface area contributed by atoms with Gasteiger partial charge in [-0.05, 0) is 37.6 Å². The number of aromatic amines is 1. The molecular formula is C22H20N6O. The molecule has 0 saturated heterocycles. The Kier molecular flexibility index (Phi) is 4.01. The smallest absolute Gasteiger partial charge is 0.213 e. The third-order valence-electron chi connectivity index (χ3n) is 5.06. The molecule has 7 heteroatoms. The predicted octanol–water partition coefficient (Wildman–Crippen LogP) is 4.63. The van der Waals surface area contributed by atoms with Crippen LogP contribution in [0.4, 0.5) is 0 Å². The van der Waals surface area contributed by atoms with Crippen LogP contribution in [0.5, 0.6) is 5.88 Å². The zero-order valence-electron chi connectivity index (χ0n) is 16.4. The standard InChI is InChI=1S/C22H20N6O/c1-13(2)28-12-26-17-5-4-14(8-19(17)28)16-10-24-22-21(16)27-18(11-25-22)15-6-7-23-20(9-15)29-3/h4-13H,1-3H3,(H,24,25). The number of hydrogen-bond acceptors (Lipinski definition) is 5. The summed E-state index contributed by atoms with van der Waals surface area (Å²) in [5.41, 5.74) is 7.43. The van der Waals surface area contributed by atoms with E-state index in [4.69, 9.17) is 9.72 Å². The number of methoxy groups -OCH3 is 1. The molecule has 0 radical (unpaired) electrons. The maximum atomic E-state index is 5.23. The fraction of sp³-hybridized carbons (Fsp3) is 0.182. The van der Waals surface area contributed by atoms with Gasteiger partial charge in [-0.15, -0.1) is 0 Å². The summed E-state index contributed by atoms with van der Waals surface area (Å²) in [5.74, 6) is 0.547. The molecule has 0 aliphatic rings. The van der Waals surface area contributed by atoms with Crippen molar-refractivity contribution < 1.29 is 4.74 Å². The van der Waals surface area contributed by atoms with Gasteiger partial charge in [-0.2, -0.15) is 0 Å². The highest BCUT2D eigenvalue weighted by Gasteiger charge is 2.13. The van der Waals surface area contributed by atoms with Gasteiger partial charge in [0.15, 0.2) is 5.65 Å². The number of aromatic nitrogens is 6. The van der Waals surface area contributed by atoms with E-state index in [0.29, 0.717) is 11.9 Å². The van der Waals surface area contributed by atoms with E-state index in [9.17, 15) is 0 Å². The lowest BCUT2D eigenvalue weighted by molar-refractivity contribution is 0.398. The molecule has 0 aliphatic heterocycles. The van der Waals surface area contributed by atoms with Crippen LogP contribution in [0, 0.1) is 0 Å². The third-order valence-corrected chi connectivity index (χ3v) is 5.06. The minimum absolute atomic E-state index is 0.339. The first-order chi connectivity index (χ1) is 14.1. The van der Waals surface area contributed by atoms with Crippen LogP contribution >= 0.6 is 0 Å². The summed E-state index contributed by atoms with van der Waals surface area (Å²) >= 11 is 0. The van der Waals surface area contributed by atoms with E-state index in [1.165, 1.54) is 0 Å². The quantitative estimate of drug-likeness (QED) is 0.489. The Labute approximate surface area is 167 Å². The highest BCUT2D eigenvalue weighted by Crippen LogP contribution is 2.31. The average molecular weight is 384 g/mol. The van der Waals surface area contributed by atoms with Gasteiger partial charge in [-0.3, -0.25) is 0 Å². The fourth-order valence-electron chi connectivity index (χ4n) is 3.54. The topological polar surface area (TPSA) is 81.5 Å². The van der Waals surface area contributed by atoms with Crippen LogP contribution in [0.25, 0.3) is 44.6 Å². The largest absolute Gasteiger partial charge is 0.481 e. The summed E-state index contributed by atoms with van der Waals surface area (Å²) in [6, 6.07) is 10.4. The maximum Gasteiger partial charge on any atom is 0.213 e. The van der Waals surface area contributed by atoms with Crippen LogP contribution in [0.15, 0.2) is 55.2 Å². The number of ether oxygens (including phenoxy) is 1. The summed E-state index contributed by atoms with van der Waals surface area (Å²) in [6.45, 7) is 4.31. The van der Waals surface area contributed by atoms with Crippen LogP contribution in [-0.4, -0.2) is 36.6 Å². The lowest BCUT2D eigenvalue weighted by atomic mass is 10.1. The van der Waals surface area contributed by atoms with Crippen LogP contribution in [-0.2, 0) is 0 Å². The number of imidazole rings is 1. The summed E-state index contributed by atoms with van der Waals surface area (Å²) in [5, 5.41) is 0. The molecule has 0 unspecified atom stereocenters. The minimum atomic E-state index is 0.339. The molecule has 0 aliphatic carbocycles. The number of nitrogens with zero attached hydrogens (tertiary/aromatic N) is 5. The second kappa shape index (κ2) is 6.70. The van der Waals surface area contributed by atoms with Crippen LogP contribution < -0.4 is 4.74 Å². The van der Waals surface area contributed by atoms with E-state index in [2.05, 4.69) is 50.5 Å². The highest BCUT2D eigenvalue weighted by atomic mass is 16.5. The Morgan fingerprint density at radius 3 is 2.76 bits per heavy atom. The molecule has 29 heavy (non-hydrogen) atoms. The third kappa shape index (κ3) is 2.91. The van der Waals surface area contributed by atoms with Gasteiger partial charge < -0.3 is 14.3 Å². The second-order valence-corrected chi connectivity index (χ2v) is 7.19. The predicted molar refractivity (Wildman–Crippen MR) is 113 cm³/mol. The van der Waals surface area contributed by atoms with Gasteiger partial charge in [0, 0.05) is 35.6 Å². The van der Waals surface area contributed by atoms with Gasteiger partial charge in [0.2, 0.25) is 5.88 Å². The number of H-pyrrole nitrogens is 1. The average Bonchev–Trinajstić information content (AvgIpc) is 3.37. The summed E-state index contributed by atoms with van der Waals surface area (Å²) in [4.78, 5) is 21.3. The summed E-state index contributed by atoms with van der Waals surface area (Å²) < 4.78 is 7.41. The molecule has 1 N–H and O–H groups in total. The number of hydrogen-bond donors (Lipinski definition) is 1. The Hall–Kier alpha value is -3.74.